The zero-order valence-corrected chi connectivity index (χ0v) is 13.9. The molecule has 0 aliphatic heterocycles. The first-order valence-corrected chi connectivity index (χ1v) is 8.85. The molecule has 0 heterocycles. The molecule has 2 fully saturated rings. The molecule has 120 valence electrons. The van der Waals surface area contributed by atoms with Gasteiger partial charge in [0.1, 0.15) is 0 Å². The van der Waals surface area contributed by atoms with Crippen LogP contribution in [0.4, 0.5) is 0 Å². The van der Waals surface area contributed by atoms with E-state index in [-0.39, 0.29) is 12.7 Å². The summed E-state index contributed by atoms with van der Waals surface area (Å²) in [6.07, 6.45) is 10.2. The Bertz CT molecular complexity index is 425. The summed E-state index contributed by atoms with van der Waals surface area (Å²) in [5, 5.41) is 20.1. The number of hydrogen-bond donors (Lipinski definition) is 2. The molecule has 3 rings (SSSR count). The summed E-state index contributed by atoms with van der Waals surface area (Å²) in [5.74, 6) is 1.81. The fraction of sp³-hybridized carbons (Fsp3) is 0.895. The molecule has 0 spiro atoms. The smallest absolute Gasteiger partial charge is 0.0642 e. The van der Waals surface area contributed by atoms with Crippen LogP contribution in [0, 0.1) is 28.6 Å². The van der Waals surface area contributed by atoms with Gasteiger partial charge < -0.3 is 10.2 Å². The van der Waals surface area contributed by atoms with Crippen molar-refractivity contribution in [3.63, 3.8) is 0 Å². The summed E-state index contributed by atoms with van der Waals surface area (Å²) < 4.78 is 0. The Morgan fingerprint density at radius 1 is 1.19 bits per heavy atom. The van der Waals surface area contributed by atoms with Gasteiger partial charge in [0.2, 0.25) is 0 Å². The maximum atomic E-state index is 10.7. The highest BCUT2D eigenvalue weighted by molar-refractivity contribution is 5.13. The van der Waals surface area contributed by atoms with E-state index in [1.807, 2.05) is 0 Å². The third-order valence-corrected chi connectivity index (χ3v) is 7.26. The number of rotatable bonds is 1. The molecule has 0 aromatic heterocycles. The molecule has 21 heavy (non-hydrogen) atoms. The minimum Gasteiger partial charge on any atom is -0.392 e. The van der Waals surface area contributed by atoms with E-state index >= 15 is 0 Å². The van der Waals surface area contributed by atoms with Crippen molar-refractivity contribution >= 4 is 0 Å². The van der Waals surface area contributed by atoms with Gasteiger partial charge in [-0.3, -0.25) is 0 Å². The van der Waals surface area contributed by atoms with Gasteiger partial charge in [-0.2, -0.15) is 0 Å². The molecule has 2 N–H and O–H groups in total. The van der Waals surface area contributed by atoms with Crippen LogP contribution < -0.4 is 0 Å². The Kier molecular flexibility index (Phi) is 3.99. The summed E-state index contributed by atoms with van der Waals surface area (Å²) in [7, 11) is 0. The molecule has 0 saturated heterocycles. The van der Waals surface area contributed by atoms with Crippen LogP contribution in [0.15, 0.2) is 11.6 Å². The van der Waals surface area contributed by atoms with Gasteiger partial charge in [-0.15, -0.1) is 0 Å². The average Bonchev–Trinajstić information content (AvgIpc) is 2.58. The topological polar surface area (TPSA) is 40.5 Å². The lowest BCUT2D eigenvalue weighted by Gasteiger charge is -2.59. The summed E-state index contributed by atoms with van der Waals surface area (Å²) in [6, 6.07) is 0. The van der Waals surface area contributed by atoms with E-state index in [0.29, 0.717) is 29.1 Å². The molecule has 0 aromatic carbocycles. The number of fused-ring (bicyclic) bond motifs is 3. The van der Waals surface area contributed by atoms with E-state index in [2.05, 4.69) is 26.8 Å². The van der Waals surface area contributed by atoms with Crippen LogP contribution in [0.2, 0.25) is 0 Å². The highest BCUT2D eigenvalue weighted by Gasteiger charge is 2.55. The summed E-state index contributed by atoms with van der Waals surface area (Å²) in [4.78, 5) is 0. The number of aliphatic hydroxyl groups is 2. The zero-order chi connectivity index (χ0) is 15.3. The van der Waals surface area contributed by atoms with Gasteiger partial charge in [0.25, 0.3) is 0 Å². The SMILES string of the molecule is CC1(C)CCC[C@@]2(C)C1CC[C@@H]1[C@H](O)CC(CO)=CC[C@@H]12. The molecule has 0 bridgehead atoms. The lowest BCUT2D eigenvalue weighted by Crippen LogP contribution is -2.53. The molecular weight excluding hydrogens is 260 g/mol. The fourth-order valence-electron chi connectivity index (χ4n) is 6.21. The first-order chi connectivity index (χ1) is 9.88. The van der Waals surface area contributed by atoms with Crippen molar-refractivity contribution in [3.8, 4) is 0 Å². The second-order valence-electron chi connectivity index (χ2n) is 8.78. The largest absolute Gasteiger partial charge is 0.392 e. The van der Waals surface area contributed by atoms with Crippen LogP contribution in [0.3, 0.4) is 0 Å². The molecular formula is C19H32O2. The van der Waals surface area contributed by atoms with Crippen LogP contribution >= 0.6 is 0 Å². The Morgan fingerprint density at radius 3 is 2.67 bits per heavy atom. The maximum Gasteiger partial charge on any atom is 0.0642 e. The first-order valence-electron chi connectivity index (χ1n) is 8.85. The molecule has 0 aromatic rings. The monoisotopic (exact) mass is 292 g/mol. The van der Waals surface area contributed by atoms with Crippen molar-refractivity contribution in [3.05, 3.63) is 11.6 Å². The lowest BCUT2D eigenvalue weighted by molar-refractivity contribution is -0.118. The molecule has 2 saturated carbocycles. The quantitative estimate of drug-likeness (QED) is 0.719. The van der Waals surface area contributed by atoms with E-state index < -0.39 is 0 Å². The Hall–Kier alpha value is -0.340. The Labute approximate surface area is 129 Å². The van der Waals surface area contributed by atoms with Crippen molar-refractivity contribution in [2.24, 2.45) is 28.6 Å². The average molecular weight is 292 g/mol. The fourth-order valence-corrected chi connectivity index (χ4v) is 6.21. The van der Waals surface area contributed by atoms with Gasteiger partial charge in [0.05, 0.1) is 12.7 Å². The minimum absolute atomic E-state index is 0.113. The van der Waals surface area contributed by atoms with Gasteiger partial charge in [-0.25, -0.2) is 0 Å². The summed E-state index contributed by atoms with van der Waals surface area (Å²) >= 11 is 0. The van der Waals surface area contributed by atoms with E-state index in [9.17, 15) is 10.2 Å². The highest BCUT2D eigenvalue weighted by Crippen LogP contribution is 2.63. The van der Waals surface area contributed by atoms with Crippen LogP contribution in [0.1, 0.15) is 65.7 Å². The van der Waals surface area contributed by atoms with E-state index in [4.69, 9.17) is 0 Å². The van der Waals surface area contributed by atoms with E-state index in [1.54, 1.807) is 0 Å². The highest BCUT2D eigenvalue weighted by atomic mass is 16.3. The third kappa shape index (κ3) is 2.49. The predicted molar refractivity (Wildman–Crippen MR) is 85.9 cm³/mol. The van der Waals surface area contributed by atoms with Gasteiger partial charge in [0, 0.05) is 0 Å². The van der Waals surface area contributed by atoms with E-state index in [1.165, 1.54) is 32.1 Å². The minimum atomic E-state index is -0.251. The predicted octanol–water partition coefficient (Wildman–Crippen LogP) is 3.92. The van der Waals surface area contributed by atoms with Crippen molar-refractivity contribution in [1.82, 2.24) is 0 Å². The molecule has 0 radical (unpaired) electrons. The normalized spacial score (nSPS) is 46.0. The number of allylic oxidation sites excluding steroid dienone is 1. The third-order valence-electron chi connectivity index (χ3n) is 7.26. The molecule has 3 aliphatic carbocycles. The molecule has 0 amide bonds. The number of aliphatic hydroxyl groups excluding tert-OH is 2. The summed E-state index contributed by atoms with van der Waals surface area (Å²) in [5.41, 5.74) is 1.86. The molecule has 1 unspecified atom stereocenters. The standard InChI is InChI=1S/C19H32O2/c1-18(2)9-4-10-19(3)15-7-5-13(12-20)11-16(21)14(15)6-8-17(18)19/h5,14-17,20-21H,4,6-12H2,1-3H3/t14-,15-,16+,17?,19+/m0/s1. The van der Waals surface area contributed by atoms with Crippen molar-refractivity contribution in [2.75, 3.05) is 6.61 Å². The molecule has 2 heteroatoms. The van der Waals surface area contributed by atoms with Crippen LogP contribution in [-0.2, 0) is 0 Å². The first kappa shape index (κ1) is 15.6. The summed E-state index contributed by atoms with van der Waals surface area (Å²) in [6.45, 7) is 7.52. The second-order valence-corrected chi connectivity index (χ2v) is 8.78. The van der Waals surface area contributed by atoms with Crippen LogP contribution in [0.5, 0.6) is 0 Å². The van der Waals surface area contributed by atoms with Gasteiger partial charge in [0.15, 0.2) is 0 Å². The van der Waals surface area contributed by atoms with Crippen molar-refractivity contribution in [2.45, 2.75) is 71.8 Å². The van der Waals surface area contributed by atoms with Gasteiger partial charge in [-0.1, -0.05) is 33.3 Å². The number of hydrogen-bond acceptors (Lipinski definition) is 2. The van der Waals surface area contributed by atoms with Crippen LogP contribution in [0.25, 0.3) is 0 Å². The van der Waals surface area contributed by atoms with Crippen LogP contribution in [-0.4, -0.2) is 22.9 Å². The Morgan fingerprint density at radius 2 is 1.95 bits per heavy atom. The molecule has 5 atom stereocenters. The second kappa shape index (κ2) is 5.38. The zero-order valence-electron chi connectivity index (χ0n) is 13.9. The lowest BCUT2D eigenvalue weighted by atomic mass is 9.45. The van der Waals surface area contributed by atoms with E-state index in [0.717, 1.165) is 17.9 Å². The van der Waals surface area contributed by atoms with Gasteiger partial charge >= 0.3 is 0 Å². The molecule has 2 nitrogen and oxygen atoms in total. The van der Waals surface area contributed by atoms with Gasteiger partial charge in [-0.05, 0) is 72.7 Å². The van der Waals surface area contributed by atoms with Crippen molar-refractivity contribution in [1.29, 1.82) is 0 Å². The maximum absolute atomic E-state index is 10.7. The Balaban J connectivity index is 1.94. The molecule has 3 aliphatic rings. The van der Waals surface area contributed by atoms with Crippen molar-refractivity contribution < 1.29 is 10.2 Å².